The lowest BCUT2D eigenvalue weighted by atomic mass is 10.2. The van der Waals surface area contributed by atoms with E-state index in [1.165, 1.54) is 0 Å². The largest absolute Gasteiger partial charge is 0.496 e. The van der Waals surface area contributed by atoms with Crippen LogP contribution in [-0.2, 0) is 11.3 Å². The van der Waals surface area contributed by atoms with Crippen molar-refractivity contribution < 1.29 is 9.47 Å². The van der Waals surface area contributed by atoms with E-state index in [1.54, 1.807) is 7.11 Å². The molecule has 1 fully saturated rings. The topological polar surface area (TPSA) is 58.1 Å². The van der Waals surface area contributed by atoms with Crippen molar-refractivity contribution in [2.45, 2.75) is 19.9 Å². The number of methoxy groups -OCH3 is 1. The first-order valence-corrected chi connectivity index (χ1v) is 9.67. The summed E-state index contributed by atoms with van der Waals surface area (Å²) in [4.78, 5) is 7.11. The lowest BCUT2D eigenvalue weighted by Crippen LogP contribution is -2.40. The van der Waals surface area contributed by atoms with Gasteiger partial charge in [-0.1, -0.05) is 6.07 Å². The zero-order chi connectivity index (χ0) is 17.9. The molecule has 1 heterocycles. The molecule has 0 unspecified atom stereocenters. The van der Waals surface area contributed by atoms with E-state index in [1.807, 2.05) is 18.2 Å². The number of hydrogen-bond donors (Lipinski definition) is 2. The van der Waals surface area contributed by atoms with Crippen molar-refractivity contribution in [2.24, 2.45) is 4.99 Å². The molecule has 0 amide bonds. The average molecular weight is 413 g/mol. The van der Waals surface area contributed by atoms with Crippen molar-refractivity contribution in [3.63, 3.8) is 0 Å². The summed E-state index contributed by atoms with van der Waals surface area (Å²) in [6.07, 6.45) is 1.10. The number of morpholine rings is 1. The van der Waals surface area contributed by atoms with Crippen LogP contribution in [0.4, 0.5) is 0 Å². The number of nitrogens with zero attached hydrogens (tertiary/aromatic N) is 2. The Morgan fingerprint density at radius 1 is 1.32 bits per heavy atom. The molecule has 0 bridgehead atoms. The third-order valence-corrected chi connectivity index (χ3v) is 4.65. The van der Waals surface area contributed by atoms with Crippen LogP contribution in [0.1, 0.15) is 18.9 Å². The molecule has 7 heteroatoms. The van der Waals surface area contributed by atoms with Crippen LogP contribution in [0, 0.1) is 0 Å². The van der Waals surface area contributed by atoms with Gasteiger partial charge >= 0.3 is 0 Å². The van der Waals surface area contributed by atoms with Gasteiger partial charge in [-0.05, 0) is 53.5 Å². The molecule has 2 rings (SSSR count). The number of guanidine groups is 1. The van der Waals surface area contributed by atoms with Crippen LogP contribution in [0.5, 0.6) is 5.75 Å². The monoisotopic (exact) mass is 412 g/mol. The molecule has 2 N–H and O–H groups in total. The normalized spacial score (nSPS) is 15.9. The Hall–Kier alpha value is -1.31. The van der Waals surface area contributed by atoms with E-state index in [9.17, 15) is 0 Å². The Labute approximate surface area is 159 Å². The SMILES string of the molecule is CCNC(=NCc1ccc(OC)c(Br)c1)NCCCN1CCOCC1. The Balaban J connectivity index is 1.78. The highest BCUT2D eigenvalue weighted by molar-refractivity contribution is 9.10. The first kappa shape index (κ1) is 20.0. The summed E-state index contributed by atoms with van der Waals surface area (Å²) < 4.78 is 11.6. The fourth-order valence-corrected chi connectivity index (χ4v) is 3.24. The van der Waals surface area contributed by atoms with Gasteiger partial charge in [0.05, 0.1) is 31.3 Å². The number of nitrogens with one attached hydrogen (secondary N) is 2. The molecule has 1 aromatic rings. The van der Waals surface area contributed by atoms with Crippen LogP contribution in [0.3, 0.4) is 0 Å². The van der Waals surface area contributed by atoms with E-state index < -0.39 is 0 Å². The van der Waals surface area contributed by atoms with Crippen LogP contribution < -0.4 is 15.4 Å². The van der Waals surface area contributed by atoms with E-state index in [2.05, 4.69) is 43.4 Å². The first-order chi connectivity index (χ1) is 12.2. The minimum Gasteiger partial charge on any atom is -0.496 e. The number of ether oxygens (including phenoxy) is 2. The van der Waals surface area contributed by atoms with Gasteiger partial charge in [0.25, 0.3) is 0 Å². The molecule has 1 aromatic carbocycles. The number of rotatable bonds is 8. The van der Waals surface area contributed by atoms with E-state index in [0.717, 1.165) is 74.1 Å². The van der Waals surface area contributed by atoms with E-state index in [-0.39, 0.29) is 0 Å². The van der Waals surface area contributed by atoms with Gasteiger partial charge in [-0.3, -0.25) is 4.90 Å². The maximum absolute atomic E-state index is 5.38. The number of hydrogen-bond acceptors (Lipinski definition) is 4. The lowest BCUT2D eigenvalue weighted by Gasteiger charge is -2.26. The molecule has 25 heavy (non-hydrogen) atoms. The zero-order valence-corrected chi connectivity index (χ0v) is 16.8. The second-order valence-corrected chi connectivity index (χ2v) is 6.75. The Bertz CT molecular complexity index is 548. The van der Waals surface area contributed by atoms with Crippen molar-refractivity contribution in [1.82, 2.24) is 15.5 Å². The van der Waals surface area contributed by atoms with Crippen LogP contribution in [0.15, 0.2) is 27.7 Å². The molecule has 6 nitrogen and oxygen atoms in total. The summed E-state index contributed by atoms with van der Waals surface area (Å²) in [6, 6.07) is 6.04. The second kappa shape index (κ2) is 11.3. The second-order valence-electron chi connectivity index (χ2n) is 5.90. The fraction of sp³-hybridized carbons (Fsp3) is 0.611. The fourth-order valence-electron chi connectivity index (χ4n) is 2.65. The minimum absolute atomic E-state index is 0.626. The van der Waals surface area contributed by atoms with Gasteiger partial charge in [0.2, 0.25) is 0 Å². The van der Waals surface area contributed by atoms with Crippen LogP contribution in [0.2, 0.25) is 0 Å². The van der Waals surface area contributed by atoms with Crippen molar-refractivity contribution in [3.05, 3.63) is 28.2 Å². The molecule has 0 aliphatic carbocycles. The quantitative estimate of drug-likeness (QED) is 0.389. The lowest BCUT2D eigenvalue weighted by molar-refractivity contribution is 0.0376. The minimum atomic E-state index is 0.626. The molecule has 1 aliphatic heterocycles. The van der Waals surface area contributed by atoms with Crippen molar-refractivity contribution >= 4 is 21.9 Å². The third kappa shape index (κ3) is 7.22. The van der Waals surface area contributed by atoms with Crippen LogP contribution in [-0.4, -0.2) is 63.9 Å². The molecule has 0 saturated carbocycles. The van der Waals surface area contributed by atoms with Gasteiger partial charge in [0, 0.05) is 26.2 Å². The Morgan fingerprint density at radius 2 is 2.12 bits per heavy atom. The summed E-state index contributed by atoms with van der Waals surface area (Å²) in [5.74, 6) is 1.69. The van der Waals surface area contributed by atoms with Gasteiger partial charge in [-0.15, -0.1) is 0 Å². The van der Waals surface area contributed by atoms with Gasteiger partial charge in [0.15, 0.2) is 5.96 Å². The predicted molar refractivity (Wildman–Crippen MR) is 105 cm³/mol. The van der Waals surface area contributed by atoms with E-state index in [4.69, 9.17) is 9.47 Å². The summed E-state index contributed by atoms with van der Waals surface area (Å²) in [7, 11) is 1.67. The van der Waals surface area contributed by atoms with Gasteiger partial charge in [-0.25, -0.2) is 4.99 Å². The average Bonchev–Trinajstić information content (AvgIpc) is 2.64. The van der Waals surface area contributed by atoms with Gasteiger partial charge in [-0.2, -0.15) is 0 Å². The summed E-state index contributed by atoms with van der Waals surface area (Å²) in [5, 5.41) is 6.71. The highest BCUT2D eigenvalue weighted by Gasteiger charge is 2.09. The van der Waals surface area contributed by atoms with E-state index in [0.29, 0.717) is 6.54 Å². The summed E-state index contributed by atoms with van der Waals surface area (Å²) in [6.45, 7) is 9.36. The Morgan fingerprint density at radius 3 is 2.80 bits per heavy atom. The molecule has 1 saturated heterocycles. The maximum Gasteiger partial charge on any atom is 0.191 e. The van der Waals surface area contributed by atoms with Crippen molar-refractivity contribution in [3.8, 4) is 5.75 Å². The molecule has 0 atom stereocenters. The molecular formula is C18H29BrN4O2. The molecule has 0 spiro atoms. The van der Waals surface area contributed by atoms with Gasteiger partial charge in [0.1, 0.15) is 5.75 Å². The highest BCUT2D eigenvalue weighted by Crippen LogP contribution is 2.25. The van der Waals surface area contributed by atoms with Crippen LogP contribution in [0.25, 0.3) is 0 Å². The molecule has 0 aromatic heterocycles. The van der Waals surface area contributed by atoms with Crippen molar-refractivity contribution in [2.75, 3.05) is 53.0 Å². The molecule has 1 aliphatic rings. The standard InChI is InChI=1S/C18H29BrN4O2/c1-3-20-18(21-7-4-8-23-9-11-25-12-10-23)22-14-15-5-6-17(24-2)16(19)13-15/h5-6,13H,3-4,7-12,14H2,1-2H3,(H2,20,21,22). The summed E-state index contributed by atoms with van der Waals surface area (Å²) in [5.41, 5.74) is 1.14. The number of benzene rings is 1. The smallest absolute Gasteiger partial charge is 0.191 e. The first-order valence-electron chi connectivity index (χ1n) is 8.87. The predicted octanol–water partition coefficient (Wildman–Crippen LogP) is 2.24. The van der Waals surface area contributed by atoms with Crippen LogP contribution >= 0.6 is 15.9 Å². The number of aliphatic imine (C=N–C) groups is 1. The van der Waals surface area contributed by atoms with Crippen molar-refractivity contribution in [1.29, 1.82) is 0 Å². The maximum atomic E-state index is 5.38. The third-order valence-electron chi connectivity index (χ3n) is 4.03. The zero-order valence-electron chi connectivity index (χ0n) is 15.2. The molecule has 140 valence electrons. The number of halogens is 1. The van der Waals surface area contributed by atoms with E-state index >= 15 is 0 Å². The molecule has 0 radical (unpaired) electrons. The van der Waals surface area contributed by atoms with Gasteiger partial charge < -0.3 is 20.1 Å². The Kier molecular flexibility index (Phi) is 9.07. The summed E-state index contributed by atoms with van der Waals surface area (Å²) >= 11 is 3.52. The molecular weight excluding hydrogens is 384 g/mol. The highest BCUT2D eigenvalue weighted by atomic mass is 79.9.